The molecule has 0 saturated carbocycles. The number of carbonyl (C=O) groups is 3. The minimum Gasteiger partial charge on any atom is -0.493 e. The number of benzene rings is 1. The van der Waals surface area contributed by atoms with Crippen LogP contribution in [0.15, 0.2) is 22.7 Å². The summed E-state index contributed by atoms with van der Waals surface area (Å²) in [4.78, 5) is 39.9. The zero-order valence-electron chi connectivity index (χ0n) is 16.2. The highest BCUT2D eigenvalue weighted by Crippen LogP contribution is 2.43. The van der Waals surface area contributed by atoms with Gasteiger partial charge in [0.2, 0.25) is 0 Å². The van der Waals surface area contributed by atoms with Gasteiger partial charge in [0, 0.05) is 11.0 Å². The Morgan fingerprint density at radius 1 is 1.36 bits per heavy atom. The summed E-state index contributed by atoms with van der Waals surface area (Å²) in [6, 6.07) is 5.04. The Morgan fingerprint density at radius 2 is 2.07 bits per heavy atom. The van der Waals surface area contributed by atoms with Crippen molar-refractivity contribution in [3.8, 4) is 5.75 Å². The number of ketones is 1. The number of likely N-dealkylation sites (tertiary alicyclic amines) is 1. The fraction of sp³-hybridized carbons (Fsp3) is 0.550. The molecular weight excluding hydrogens is 430 g/mol. The van der Waals surface area contributed by atoms with Crippen molar-refractivity contribution in [1.82, 2.24) is 4.90 Å². The van der Waals surface area contributed by atoms with Crippen molar-refractivity contribution in [3.63, 3.8) is 0 Å². The average molecular weight is 454 g/mol. The van der Waals surface area contributed by atoms with Crippen molar-refractivity contribution in [3.05, 3.63) is 28.2 Å². The number of carbonyl (C=O) groups excluding carboxylic acids is 2. The molecule has 8 heteroatoms. The molecule has 2 aliphatic heterocycles. The van der Waals surface area contributed by atoms with E-state index in [1.807, 2.05) is 0 Å². The maximum Gasteiger partial charge on any atom is 0.411 e. The number of amides is 1. The summed E-state index contributed by atoms with van der Waals surface area (Å²) in [7, 11) is 0. The van der Waals surface area contributed by atoms with Gasteiger partial charge in [-0.05, 0) is 58.2 Å². The number of aliphatic carboxylic acids is 1. The van der Waals surface area contributed by atoms with Crippen molar-refractivity contribution in [2.45, 2.75) is 51.2 Å². The topological polar surface area (TPSA) is 93.1 Å². The molecule has 0 aliphatic carbocycles. The molecule has 1 aromatic carbocycles. The van der Waals surface area contributed by atoms with Crippen molar-refractivity contribution in [1.29, 1.82) is 0 Å². The third-order valence-electron chi connectivity index (χ3n) is 5.17. The van der Waals surface area contributed by atoms with E-state index in [-0.39, 0.29) is 31.8 Å². The van der Waals surface area contributed by atoms with Gasteiger partial charge in [0.05, 0.1) is 18.1 Å². The van der Waals surface area contributed by atoms with E-state index in [4.69, 9.17) is 9.47 Å². The molecule has 0 spiro atoms. The van der Waals surface area contributed by atoms with Crippen LogP contribution in [0.3, 0.4) is 0 Å². The molecule has 152 valence electrons. The molecule has 28 heavy (non-hydrogen) atoms. The molecule has 1 aromatic rings. The highest BCUT2D eigenvalue weighted by molar-refractivity contribution is 9.10. The second kappa shape index (κ2) is 7.39. The van der Waals surface area contributed by atoms with Crippen LogP contribution in [0.2, 0.25) is 0 Å². The van der Waals surface area contributed by atoms with Crippen molar-refractivity contribution in [2.24, 2.45) is 5.92 Å². The average Bonchev–Trinajstić information content (AvgIpc) is 2.96. The van der Waals surface area contributed by atoms with Crippen molar-refractivity contribution < 1.29 is 29.0 Å². The second-order valence-electron chi connectivity index (χ2n) is 8.16. The molecule has 1 amide bonds. The predicted octanol–water partition coefficient (Wildman–Crippen LogP) is 3.88. The van der Waals surface area contributed by atoms with E-state index >= 15 is 0 Å². The lowest BCUT2D eigenvalue weighted by Gasteiger charge is -2.40. The van der Waals surface area contributed by atoms with Crippen LogP contribution in [0.5, 0.6) is 5.75 Å². The van der Waals surface area contributed by atoms with Gasteiger partial charge < -0.3 is 14.6 Å². The molecule has 2 atom stereocenters. The Bertz CT molecular complexity index is 817. The van der Waals surface area contributed by atoms with Crippen LogP contribution in [-0.2, 0) is 9.53 Å². The lowest BCUT2D eigenvalue weighted by Crippen LogP contribution is -2.60. The molecule has 1 N–H and O–H groups in total. The third-order valence-corrected chi connectivity index (χ3v) is 5.66. The standard InChI is InChI=1S/C20H24BrNO6/c1-19(2,3)28-18(26)22-9-4-8-20(22,17(24)25)14-7-10-27-15-11-12(21)5-6-13(15)16(14)23/h5-6,11,14H,4,7-10H2,1-3H3,(H,24,25)/t14?,20-/m1/s1. The molecule has 1 saturated heterocycles. The van der Waals surface area contributed by atoms with Crippen molar-refractivity contribution in [2.75, 3.05) is 13.2 Å². The first kappa shape index (κ1) is 20.6. The summed E-state index contributed by atoms with van der Waals surface area (Å²) in [5.74, 6) is -2.00. The quantitative estimate of drug-likeness (QED) is 0.729. The molecule has 0 bridgehead atoms. The van der Waals surface area contributed by atoms with Gasteiger partial charge in [0.15, 0.2) is 11.3 Å². The minimum atomic E-state index is -1.64. The number of carboxylic acids is 1. The van der Waals surface area contributed by atoms with Crippen LogP contribution in [0.4, 0.5) is 4.79 Å². The number of nitrogens with zero attached hydrogens (tertiary/aromatic N) is 1. The Labute approximate surface area is 172 Å². The molecule has 0 aromatic heterocycles. The molecule has 3 rings (SSSR count). The number of ether oxygens (including phenoxy) is 2. The first-order valence-electron chi connectivity index (χ1n) is 9.27. The summed E-state index contributed by atoms with van der Waals surface area (Å²) in [5, 5.41) is 10.2. The predicted molar refractivity (Wildman–Crippen MR) is 105 cm³/mol. The van der Waals surface area contributed by atoms with E-state index in [0.29, 0.717) is 17.7 Å². The summed E-state index contributed by atoms with van der Waals surface area (Å²) in [6.45, 7) is 5.60. The van der Waals surface area contributed by atoms with Gasteiger partial charge in [-0.15, -0.1) is 0 Å². The normalized spacial score (nSPS) is 24.9. The molecular formula is C20H24BrNO6. The van der Waals surface area contributed by atoms with Crippen LogP contribution in [0.25, 0.3) is 0 Å². The van der Waals surface area contributed by atoms with E-state index in [1.165, 1.54) is 4.90 Å². The molecule has 2 aliphatic rings. The summed E-state index contributed by atoms with van der Waals surface area (Å²) >= 11 is 3.35. The number of hydrogen-bond donors (Lipinski definition) is 1. The fourth-order valence-electron chi connectivity index (χ4n) is 4.03. The zero-order valence-corrected chi connectivity index (χ0v) is 17.7. The molecule has 1 fully saturated rings. The van der Waals surface area contributed by atoms with Gasteiger partial charge in [-0.25, -0.2) is 9.59 Å². The molecule has 7 nitrogen and oxygen atoms in total. The molecule has 1 unspecified atom stereocenters. The van der Waals surface area contributed by atoms with Crippen LogP contribution < -0.4 is 4.74 Å². The Kier molecular flexibility index (Phi) is 5.44. The third kappa shape index (κ3) is 3.62. The number of hydrogen-bond acceptors (Lipinski definition) is 5. The maximum absolute atomic E-state index is 13.4. The Hall–Kier alpha value is -2.09. The van der Waals surface area contributed by atoms with Gasteiger partial charge >= 0.3 is 12.1 Å². The number of carboxylic acid groups (broad SMARTS) is 1. The second-order valence-corrected chi connectivity index (χ2v) is 9.08. The van der Waals surface area contributed by atoms with Gasteiger partial charge in [-0.2, -0.15) is 0 Å². The van der Waals surface area contributed by atoms with E-state index < -0.39 is 29.1 Å². The highest BCUT2D eigenvalue weighted by atomic mass is 79.9. The number of Topliss-reactive ketones (excluding diaryl/α,β-unsaturated/α-hetero) is 1. The Morgan fingerprint density at radius 3 is 2.71 bits per heavy atom. The smallest absolute Gasteiger partial charge is 0.411 e. The zero-order chi connectivity index (χ0) is 20.7. The summed E-state index contributed by atoms with van der Waals surface area (Å²) in [5.41, 5.74) is -2.07. The lowest BCUT2D eigenvalue weighted by atomic mass is 9.75. The van der Waals surface area contributed by atoms with E-state index in [0.717, 1.165) is 4.47 Å². The highest BCUT2D eigenvalue weighted by Gasteiger charge is 2.59. The van der Waals surface area contributed by atoms with E-state index in [2.05, 4.69) is 15.9 Å². The van der Waals surface area contributed by atoms with Crippen molar-refractivity contribution >= 4 is 33.8 Å². The number of fused-ring (bicyclic) bond motifs is 1. The molecule has 0 radical (unpaired) electrons. The van der Waals surface area contributed by atoms with Crippen LogP contribution in [0, 0.1) is 5.92 Å². The molecule has 2 heterocycles. The summed E-state index contributed by atoms with van der Waals surface area (Å²) in [6.07, 6.45) is 0.186. The van der Waals surface area contributed by atoms with Gasteiger partial charge in [-0.1, -0.05) is 15.9 Å². The van der Waals surface area contributed by atoms with Gasteiger partial charge in [0.25, 0.3) is 0 Å². The van der Waals surface area contributed by atoms with Gasteiger partial charge in [0.1, 0.15) is 11.4 Å². The maximum atomic E-state index is 13.4. The van der Waals surface area contributed by atoms with E-state index in [1.54, 1.807) is 39.0 Å². The monoisotopic (exact) mass is 453 g/mol. The lowest BCUT2D eigenvalue weighted by molar-refractivity contribution is -0.152. The van der Waals surface area contributed by atoms with E-state index in [9.17, 15) is 19.5 Å². The first-order chi connectivity index (χ1) is 13.1. The Balaban J connectivity index is 2.03. The van der Waals surface area contributed by atoms with Crippen LogP contribution in [0.1, 0.15) is 50.4 Å². The first-order valence-corrected chi connectivity index (χ1v) is 10.1. The fourth-order valence-corrected chi connectivity index (χ4v) is 4.37. The SMILES string of the molecule is CC(C)(C)OC(=O)N1CCC[C@]1(C(=O)O)C1CCOc2cc(Br)ccc2C1=O. The minimum absolute atomic E-state index is 0.192. The van der Waals surface area contributed by atoms with Gasteiger partial charge in [-0.3, -0.25) is 9.69 Å². The van der Waals surface area contributed by atoms with Crippen LogP contribution in [-0.4, -0.2) is 52.1 Å². The number of halogens is 1. The largest absolute Gasteiger partial charge is 0.493 e. The number of rotatable bonds is 2. The summed E-state index contributed by atoms with van der Waals surface area (Å²) < 4.78 is 11.9. The van der Waals surface area contributed by atoms with Crippen LogP contribution >= 0.6 is 15.9 Å².